The minimum absolute atomic E-state index is 0.0435. The lowest BCUT2D eigenvalue weighted by molar-refractivity contribution is -0.142. The summed E-state index contributed by atoms with van der Waals surface area (Å²) >= 11 is 1.44. The molecule has 3 nitrogen and oxygen atoms in total. The standard InChI is InChI=1S/C14H18O3S/c1-4-9-17-14(16)11(3)18-13-7-5-12(6-8-13)10(2)15/h5-8,11H,4,9H2,1-3H3. The second-order valence-electron chi connectivity index (χ2n) is 4.01. The summed E-state index contributed by atoms with van der Waals surface area (Å²) in [5, 5.41) is -0.236. The SMILES string of the molecule is CCCOC(=O)C(C)Sc1ccc(C(C)=O)cc1. The molecular weight excluding hydrogens is 248 g/mol. The normalized spacial score (nSPS) is 11.9. The molecule has 18 heavy (non-hydrogen) atoms. The van der Waals surface area contributed by atoms with Crippen LogP contribution < -0.4 is 0 Å². The molecule has 0 bridgehead atoms. The Kier molecular flexibility index (Phi) is 5.92. The summed E-state index contributed by atoms with van der Waals surface area (Å²) in [4.78, 5) is 23.7. The summed E-state index contributed by atoms with van der Waals surface area (Å²) in [5.41, 5.74) is 0.681. The molecule has 1 aromatic carbocycles. The number of Topliss-reactive ketones (excluding diaryl/α,β-unsaturated/α-hetero) is 1. The van der Waals surface area contributed by atoms with E-state index in [2.05, 4.69) is 0 Å². The summed E-state index contributed by atoms with van der Waals surface area (Å²) in [6.45, 7) is 5.78. The second-order valence-corrected chi connectivity index (χ2v) is 5.42. The van der Waals surface area contributed by atoms with Crippen LogP contribution in [-0.2, 0) is 9.53 Å². The Balaban J connectivity index is 2.56. The highest BCUT2D eigenvalue weighted by Crippen LogP contribution is 2.24. The van der Waals surface area contributed by atoms with Crippen molar-refractivity contribution < 1.29 is 14.3 Å². The van der Waals surface area contributed by atoms with E-state index in [9.17, 15) is 9.59 Å². The third-order valence-corrected chi connectivity index (χ3v) is 3.44. The molecule has 0 amide bonds. The maximum absolute atomic E-state index is 11.6. The highest BCUT2D eigenvalue weighted by molar-refractivity contribution is 8.00. The third-order valence-electron chi connectivity index (χ3n) is 2.35. The van der Waals surface area contributed by atoms with Crippen LogP contribution in [0.4, 0.5) is 0 Å². The lowest BCUT2D eigenvalue weighted by Crippen LogP contribution is -2.17. The largest absolute Gasteiger partial charge is 0.465 e. The van der Waals surface area contributed by atoms with E-state index in [0.29, 0.717) is 12.2 Å². The number of hydrogen-bond acceptors (Lipinski definition) is 4. The molecule has 1 aromatic rings. The van der Waals surface area contributed by atoms with E-state index in [0.717, 1.165) is 11.3 Å². The molecule has 0 saturated heterocycles. The Labute approximate surface area is 112 Å². The van der Waals surface area contributed by atoms with Crippen LogP contribution in [0.2, 0.25) is 0 Å². The van der Waals surface area contributed by atoms with E-state index < -0.39 is 0 Å². The highest BCUT2D eigenvalue weighted by Gasteiger charge is 2.15. The topological polar surface area (TPSA) is 43.4 Å². The van der Waals surface area contributed by atoms with Gasteiger partial charge < -0.3 is 4.74 Å². The molecule has 1 unspecified atom stereocenters. The fourth-order valence-corrected chi connectivity index (χ4v) is 2.21. The molecule has 0 radical (unpaired) electrons. The zero-order valence-corrected chi connectivity index (χ0v) is 11.8. The van der Waals surface area contributed by atoms with Gasteiger partial charge in [-0.3, -0.25) is 9.59 Å². The lowest BCUT2D eigenvalue weighted by atomic mass is 10.2. The number of hydrogen-bond donors (Lipinski definition) is 0. The van der Waals surface area contributed by atoms with Gasteiger partial charge in [0.1, 0.15) is 5.25 Å². The summed E-state index contributed by atoms with van der Waals surface area (Å²) in [5.74, 6) is -0.153. The molecular formula is C14H18O3S. The Morgan fingerprint density at radius 3 is 2.39 bits per heavy atom. The average Bonchev–Trinajstić information content (AvgIpc) is 2.36. The van der Waals surface area contributed by atoms with E-state index in [4.69, 9.17) is 4.74 Å². The van der Waals surface area contributed by atoms with Crippen LogP contribution in [0.15, 0.2) is 29.2 Å². The number of rotatable bonds is 6. The van der Waals surface area contributed by atoms with Crippen LogP contribution in [0.25, 0.3) is 0 Å². The van der Waals surface area contributed by atoms with Gasteiger partial charge in [-0.1, -0.05) is 19.1 Å². The van der Waals surface area contributed by atoms with Crippen LogP contribution in [-0.4, -0.2) is 23.6 Å². The predicted molar refractivity (Wildman–Crippen MR) is 73.0 cm³/mol. The van der Waals surface area contributed by atoms with Gasteiger partial charge in [-0.15, -0.1) is 11.8 Å². The van der Waals surface area contributed by atoms with E-state index in [1.807, 2.05) is 26.0 Å². The summed E-state index contributed by atoms with van der Waals surface area (Å²) < 4.78 is 5.07. The first-order chi connectivity index (χ1) is 8.54. The maximum atomic E-state index is 11.6. The fourth-order valence-electron chi connectivity index (χ4n) is 1.34. The van der Waals surface area contributed by atoms with Gasteiger partial charge in [-0.2, -0.15) is 0 Å². The van der Waals surface area contributed by atoms with Crippen molar-refractivity contribution in [3.8, 4) is 0 Å². The van der Waals surface area contributed by atoms with Gasteiger partial charge >= 0.3 is 5.97 Å². The van der Waals surface area contributed by atoms with Crippen molar-refractivity contribution >= 4 is 23.5 Å². The summed E-state index contributed by atoms with van der Waals surface area (Å²) in [6, 6.07) is 7.25. The number of carbonyl (C=O) groups is 2. The number of carbonyl (C=O) groups excluding carboxylic acids is 2. The molecule has 0 fully saturated rings. The molecule has 0 aromatic heterocycles. The molecule has 4 heteroatoms. The van der Waals surface area contributed by atoms with Crippen molar-refractivity contribution in [2.45, 2.75) is 37.3 Å². The zero-order valence-electron chi connectivity index (χ0n) is 10.9. The van der Waals surface area contributed by atoms with E-state index in [1.165, 1.54) is 18.7 Å². The monoisotopic (exact) mass is 266 g/mol. The van der Waals surface area contributed by atoms with Crippen LogP contribution in [0, 0.1) is 0 Å². The Morgan fingerprint density at radius 1 is 1.28 bits per heavy atom. The van der Waals surface area contributed by atoms with E-state index in [-0.39, 0.29) is 17.0 Å². The van der Waals surface area contributed by atoms with Gasteiger partial charge in [0.2, 0.25) is 0 Å². The lowest BCUT2D eigenvalue weighted by Gasteiger charge is -2.10. The van der Waals surface area contributed by atoms with Crippen LogP contribution in [0.5, 0.6) is 0 Å². The van der Waals surface area contributed by atoms with Gasteiger partial charge in [0.15, 0.2) is 5.78 Å². The van der Waals surface area contributed by atoms with Crippen LogP contribution >= 0.6 is 11.8 Å². The molecule has 0 saturated carbocycles. The Morgan fingerprint density at radius 2 is 1.89 bits per heavy atom. The first kappa shape index (κ1) is 14.8. The Hall–Kier alpha value is -1.29. The van der Waals surface area contributed by atoms with Gasteiger partial charge in [-0.05, 0) is 32.4 Å². The predicted octanol–water partition coefficient (Wildman–Crippen LogP) is 3.32. The second kappa shape index (κ2) is 7.21. The summed E-state index contributed by atoms with van der Waals surface area (Å²) in [6.07, 6.45) is 0.830. The van der Waals surface area contributed by atoms with Crippen molar-refractivity contribution in [1.82, 2.24) is 0 Å². The van der Waals surface area contributed by atoms with E-state index in [1.54, 1.807) is 12.1 Å². The smallest absolute Gasteiger partial charge is 0.319 e. The zero-order chi connectivity index (χ0) is 13.5. The molecule has 98 valence electrons. The van der Waals surface area contributed by atoms with Crippen LogP contribution in [0.3, 0.4) is 0 Å². The minimum Gasteiger partial charge on any atom is -0.465 e. The molecule has 0 aliphatic rings. The minimum atomic E-state index is -0.236. The van der Waals surface area contributed by atoms with Crippen molar-refractivity contribution in [3.63, 3.8) is 0 Å². The van der Waals surface area contributed by atoms with Gasteiger partial charge in [0.05, 0.1) is 6.61 Å². The maximum Gasteiger partial charge on any atom is 0.319 e. The van der Waals surface area contributed by atoms with Gasteiger partial charge in [0.25, 0.3) is 0 Å². The first-order valence-electron chi connectivity index (χ1n) is 5.99. The van der Waals surface area contributed by atoms with Crippen molar-refractivity contribution in [2.24, 2.45) is 0 Å². The molecule has 1 rings (SSSR count). The van der Waals surface area contributed by atoms with Crippen molar-refractivity contribution in [1.29, 1.82) is 0 Å². The molecule has 0 spiro atoms. The number of benzene rings is 1. The molecule has 0 aliphatic carbocycles. The Bertz CT molecular complexity index is 412. The number of ether oxygens (including phenoxy) is 1. The number of ketones is 1. The van der Waals surface area contributed by atoms with Gasteiger partial charge in [-0.25, -0.2) is 0 Å². The molecule has 0 N–H and O–H groups in total. The van der Waals surface area contributed by atoms with Crippen molar-refractivity contribution in [2.75, 3.05) is 6.61 Å². The van der Waals surface area contributed by atoms with Crippen LogP contribution in [0.1, 0.15) is 37.6 Å². The third kappa shape index (κ3) is 4.53. The summed E-state index contributed by atoms with van der Waals surface area (Å²) in [7, 11) is 0. The molecule has 0 aliphatic heterocycles. The first-order valence-corrected chi connectivity index (χ1v) is 6.87. The average molecular weight is 266 g/mol. The number of thioether (sulfide) groups is 1. The molecule has 0 heterocycles. The molecule has 1 atom stereocenters. The number of esters is 1. The quantitative estimate of drug-likeness (QED) is 0.450. The van der Waals surface area contributed by atoms with Crippen molar-refractivity contribution in [3.05, 3.63) is 29.8 Å². The van der Waals surface area contributed by atoms with Gasteiger partial charge in [0, 0.05) is 10.5 Å². The highest BCUT2D eigenvalue weighted by atomic mass is 32.2. The van der Waals surface area contributed by atoms with E-state index >= 15 is 0 Å². The fraction of sp³-hybridized carbons (Fsp3) is 0.429.